The highest BCUT2D eigenvalue weighted by Crippen LogP contribution is 2.67. The SMILES string of the molecule is CCN(CC)S(=O)(=O)C[C@@]12CC[C@H](C[C@H]1OC(=O)[C@@]1(SCC(=O)OC)CN1)C2(C)C. The molecule has 10 heteroatoms. The molecule has 2 saturated carbocycles. The van der Waals surface area contributed by atoms with Gasteiger partial charge in [0.25, 0.3) is 0 Å². The number of rotatable bonds is 10. The number of sulfonamides is 1. The smallest absolute Gasteiger partial charge is 0.338 e. The number of nitrogens with one attached hydrogen (secondary N) is 1. The lowest BCUT2D eigenvalue weighted by molar-refractivity contribution is -0.157. The Bertz CT molecular complexity index is 791. The van der Waals surface area contributed by atoms with E-state index < -0.39 is 38.4 Å². The van der Waals surface area contributed by atoms with Crippen molar-refractivity contribution < 1.29 is 27.5 Å². The summed E-state index contributed by atoms with van der Waals surface area (Å²) in [6.45, 7) is 9.21. The number of esters is 2. The molecule has 0 amide bonds. The largest absolute Gasteiger partial charge is 0.468 e. The maximum atomic E-state index is 13.2. The fraction of sp³-hybridized carbons (Fsp3) is 0.900. The summed E-state index contributed by atoms with van der Waals surface area (Å²) in [5, 5.41) is 3.02. The van der Waals surface area contributed by atoms with Crippen molar-refractivity contribution in [2.24, 2.45) is 16.7 Å². The molecule has 0 aromatic carbocycles. The number of hydrogen-bond acceptors (Lipinski definition) is 8. The van der Waals surface area contributed by atoms with Crippen LogP contribution in [0.25, 0.3) is 0 Å². The van der Waals surface area contributed by atoms with Crippen LogP contribution >= 0.6 is 11.8 Å². The first-order valence-electron chi connectivity index (χ1n) is 10.6. The van der Waals surface area contributed by atoms with Crippen LogP contribution in [0.3, 0.4) is 0 Å². The van der Waals surface area contributed by atoms with E-state index in [2.05, 4.69) is 23.9 Å². The van der Waals surface area contributed by atoms with Gasteiger partial charge in [-0.1, -0.05) is 27.7 Å². The van der Waals surface area contributed by atoms with Crippen LogP contribution in [0, 0.1) is 16.7 Å². The summed E-state index contributed by atoms with van der Waals surface area (Å²) in [5.74, 6) is -0.432. The van der Waals surface area contributed by atoms with Crippen LogP contribution in [0.5, 0.6) is 0 Å². The minimum atomic E-state index is -3.47. The number of nitrogens with zero attached hydrogens (tertiary/aromatic N) is 1. The molecule has 0 spiro atoms. The van der Waals surface area contributed by atoms with Gasteiger partial charge in [-0.3, -0.25) is 10.1 Å². The van der Waals surface area contributed by atoms with Crippen LogP contribution in [0.15, 0.2) is 0 Å². The second-order valence-electron chi connectivity index (χ2n) is 9.13. The highest BCUT2D eigenvalue weighted by Gasteiger charge is 2.68. The Hall–Kier alpha value is -0.840. The van der Waals surface area contributed by atoms with E-state index in [1.165, 1.54) is 23.2 Å². The van der Waals surface area contributed by atoms with Gasteiger partial charge in [0.1, 0.15) is 6.10 Å². The van der Waals surface area contributed by atoms with E-state index in [1.807, 2.05) is 13.8 Å². The van der Waals surface area contributed by atoms with Crippen LogP contribution in [-0.2, 0) is 29.1 Å². The summed E-state index contributed by atoms with van der Waals surface area (Å²) in [7, 11) is -2.16. The lowest BCUT2D eigenvalue weighted by Gasteiger charge is -2.42. The third kappa shape index (κ3) is 3.89. The van der Waals surface area contributed by atoms with Gasteiger partial charge in [0.05, 0.1) is 18.6 Å². The predicted octanol–water partition coefficient (Wildman–Crippen LogP) is 1.60. The molecule has 3 rings (SSSR count). The molecule has 3 fully saturated rings. The van der Waals surface area contributed by atoms with Gasteiger partial charge in [-0.05, 0) is 30.6 Å². The summed E-state index contributed by atoms with van der Waals surface area (Å²) in [6.07, 6.45) is 1.93. The molecule has 3 aliphatic rings. The molecule has 0 unspecified atom stereocenters. The number of carbonyl (C=O) groups is 2. The van der Waals surface area contributed by atoms with Gasteiger partial charge in [0.15, 0.2) is 4.87 Å². The maximum absolute atomic E-state index is 13.2. The van der Waals surface area contributed by atoms with Crippen LogP contribution in [-0.4, -0.2) is 73.9 Å². The van der Waals surface area contributed by atoms with Crippen molar-refractivity contribution in [3.8, 4) is 0 Å². The maximum Gasteiger partial charge on any atom is 0.338 e. The van der Waals surface area contributed by atoms with Crippen molar-refractivity contribution in [1.82, 2.24) is 9.62 Å². The fourth-order valence-corrected chi connectivity index (χ4v) is 8.64. The minimum absolute atomic E-state index is 0.00113. The van der Waals surface area contributed by atoms with Crippen molar-refractivity contribution in [1.29, 1.82) is 0 Å². The Morgan fingerprint density at radius 1 is 1.23 bits per heavy atom. The zero-order valence-electron chi connectivity index (χ0n) is 18.5. The normalized spacial score (nSPS) is 34.2. The van der Waals surface area contributed by atoms with Gasteiger partial charge in [-0.25, -0.2) is 17.5 Å². The van der Waals surface area contributed by atoms with Gasteiger partial charge >= 0.3 is 11.9 Å². The molecule has 0 radical (unpaired) electrons. The van der Waals surface area contributed by atoms with Gasteiger partial charge in [0, 0.05) is 25.0 Å². The van der Waals surface area contributed by atoms with Gasteiger partial charge in [-0.15, -0.1) is 11.8 Å². The van der Waals surface area contributed by atoms with E-state index in [0.717, 1.165) is 12.8 Å². The summed E-state index contributed by atoms with van der Waals surface area (Å²) in [6, 6.07) is 0. The summed E-state index contributed by atoms with van der Waals surface area (Å²) >= 11 is 1.17. The Morgan fingerprint density at radius 2 is 1.87 bits per heavy atom. The molecule has 1 N–H and O–H groups in total. The highest BCUT2D eigenvalue weighted by atomic mass is 32.2. The molecule has 0 aromatic heterocycles. The van der Waals surface area contributed by atoms with Crippen LogP contribution < -0.4 is 5.32 Å². The predicted molar refractivity (Wildman–Crippen MR) is 115 cm³/mol. The third-order valence-electron chi connectivity index (χ3n) is 7.64. The molecule has 1 aliphatic heterocycles. The molecule has 2 aliphatic carbocycles. The van der Waals surface area contributed by atoms with Crippen molar-refractivity contribution >= 4 is 33.7 Å². The van der Waals surface area contributed by atoms with Gasteiger partial charge in [0.2, 0.25) is 10.0 Å². The summed E-state index contributed by atoms with van der Waals surface area (Å²) in [4.78, 5) is 23.6. The first kappa shape index (κ1) is 23.8. The number of hydrogen-bond donors (Lipinski definition) is 1. The molecule has 8 nitrogen and oxygen atoms in total. The van der Waals surface area contributed by atoms with E-state index in [-0.39, 0.29) is 16.9 Å². The monoisotopic (exact) mass is 462 g/mol. The summed E-state index contributed by atoms with van der Waals surface area (Å²) in [5.41, 5.74) is -0.834. The van der Waals surface area contributed by atoms with Crippen molar-refractivity contribution in [2.45, 2.75) is 57.9 Å². The van der Waals surface area contributed by atoms with Gasteiger partial charge in [-0.2, -0.15) is 0 Å². The zero-order chi connectivity index (χ0) is 22.4. The second-order valence-corrected chi connectivity index (χ2v) is 12.4. The molecule has 1 heterocycles. The van der Waals surface area contributed by atoms with Crippen molar-refractivity contribution in [3.63, 3.8) is 0 Å². The highest BCUT2D eigenvalue weighted by molar-refractivity contribution is 8.02. The molecule has 1 saturated heterocycles. The minimum Gasteiger partial charge on any atom is -0.468 e. The number of thioether (sulfide) groups is 1. The zero-order valence-corrected chi connectivity index (χ0v) is 20.2. The standard InChI is InChI=1S/C20H34N2O6S2/c1-6-22(7-2)30(25,26)13-19-9-8-14(18(19,3)4)10-15(19)28-17(24)20(12-21-20)29-11-16(23)27-5/h14-15,21H,6-13H2,1-5H3/t14-,15-,19+,20+/m1/s1. The first-order valence-corrected chi connectivity index (χ1v) is 13.2. The van der Waals surface area contributed by atoms with E-state index in [4.69, 9.17) is 4.74 Å². The number of fused-ring (bicyclic) bond motifs is 2. The Balaban J connectivity index is 1.79. The molecule has 172 valence electrons. The van der Waals surface area contributed by atoms with Gasteiger partial charge < -0.3 is 9.47 Å². The van der Waals surface area contributed by atoms with Crippen LogP contribution in [0.4, 0.5) is 0 Å². The van der Waals surface area contributed by atoms with Crippen LogP contribution in [0.1, 0.15) is 47.0 Å². The Kier molecular flexibility index (Phi) is 6.55. The second kappa shape index (κ2) is 8.26. The van der Waals surface area contributed by atoms with E-state index in [0.29, 0.717) is 32.0 Å². The first-order chi connectivity index (χ1) is 14.0. The molecule has 30 heavy (non-hydrogen) atoms. The average Bonchev–Trinajstić information content (AvgIpc) is 3.41. The molecule has 0 aromatic rings. The number of methoxy groups -OCH3 is 1. The molecule has 2 bridgehead atoms. The average molecular weight is 463 g/mol. The van der Waals surface area contributed by atoms with Crippen molar-refractivity contribution in [3.05, 3.63) is 0 Å². The molecule has 4 atom stereocenters. The number of ether oxygens (including phenoxy) is 2. The fourth-order valence-electron chi connectivity index (χ4n) is 5.39. The Morgan fingerprint density at radius 3 is 2.37 bits per heavy atom. The van der Waals surface area contributed by atoms with Crippen LogP contribution in [0.2, 0.25) is 0 Å². The molecular formula is C20H34N2O6S2. The lowest BCUT2D eigenvalue weighted by Crippen LogP contribution is -2.50. The third-order valence-corrected chi connectivity index (χ3v) is 11.1. The number of carbonyl (C=O) groups excluding carboxylic acids is 2. The Labute approximate surface area is 183 Å². The van der Waals surface area contributed by atoms with Crippen molar-refractivity contribution in [2.75, 3.05) is 38.2 Å². The summed E-state index contributed by atoms with van der Waals surface area (Å²) < 4.78 is 38.5. The van der Waals surface area contributed by atoms with E-state index in [1.54, 1.807) is 0 Å². The van der Waals surface area contributed by atoms with E-state index in [9.17, 15) is 18.0 Å². The quantitative estimate of drug-likeness (QED) is 0.385. The molecular weight excluding hydrogens is 428 g/mol. The lowest BCUT2D eigenvalue weighted by atomic mass is 9.69. The topological polar surface area (TPSA) is 112 Å². The van der Waals surface area contributed by atoms with E-state index >= 15 is 0 Å².